The molecule has 154 valence electrons. The highest BCUT2D eigenvalue weighted by Crippen LogP contribution is 2.20. The third-order valence-electron chi connectivity index (χ3n) is 5.04. The number of ether oxygens (including phenoxy) is 1. The lowest BCUT2D eigenvalue weighted by Gasteiger charge is -2.36. The number of rotatable bonds is 6. The van der Waals surface area contributed by atoms with Gasteiger partial charge in [0.05, 0.1) is 0 Å². The average molecular weight is 403 g/mol. The summed E-state index contributed by atoms with van der Waals surface area (Å²) in [6.45, 7) is 5.48. The van der Waals surface area contributed by atoms with E-state index in [0.717, 1.165) is 37.6 Å². The molecule has 1 fully saturated rings. The molecule has 2 aromatic carbocycles. The molecule has 0 unspecified atom stereocenters. The van der Waals surface area contributed by atoms with Crippen LogP contribution in [0.25, 0.3) is 0 Å². The second-order valence-corrected chi connectivity index (χ2v) is 7.22. The normalized spacial score (nSPS) is 13.8. The van der Waals surface area contributed by atoms with E-state index < -0.39 is 0 Å². The zero-order valence-electron chi connectivity index (χ0n) is 17.0. The van der Waals surface area contributed by atoms with Gasteiger partial charge in [-0.2, -0.15) is 0 Å². The van der Waals surface area contributed by atoms with Crippen molar-refractivity contribution in [3.05, 3.63) is 72.6 Å². The van der Waals surface area contributed by atoms with Crippen LogP contribution in [0, 0.1) is 6.92 Å². The number of aryl methyl sites for hydroxylation is 1. The molecule has 4 rings (SSSR count). The van der Waals surface area contributed by atoms with E-state index in [2.05, 4.69) is 49.4 Å². The molecule has 1 aromatic heterocycles. The number of hydrogen-bond acceptors (Lipinski definition) is 6. The zero-order chi connectivity index (χ0) is 20.8. The summed E-state index contributed by atoms with van der Waals surface area (Å²) in [6.07, 6.45) is 1.48. The van der Waals surface area contributed by atoms with Gasteiger partial charge in [-0.1, -0.05) is 35.9 Å². The largest absolute Gasteiger partial charge is 0.484 e. The van der Waals surface area contributed by atoms with Crippen molar-refractivity contribution in [1.82, 2.24) is 9.97 Å². The summed E-state index contributed by atoms with van der Waals surface area (Å²) in [5.41, 5.74) is 2.38. The molecule has 1 aliphatic rings. The van der Waals surface area contributed by atoms with Crippen molar-refractivity contribution in [3.8, 4) is 5.75 Å². The summed E-state index contributed by atoms with van der Waals surface area (Å²) in [5, 5.41) is 2.79. The van der Waals surface area contributed by atoms with Crippen LogP contribution in [0.15, 0.2) is 67.0 Å². The van der Waals surface area contributed by atoms with Gasteiger partial charge >= 0.3 is 0 Å². The van der Waals surface area contributed by atoms with Crippen LogP contribution in [-0.2, 0) is 4.79 Å². The van der Waals surface area contributed by atoms with Gasteiger partial charge in [-0.3, -0.25) is 4.79 Å². The molecule has 0 radical (unpaired) electrons. The van der Waals surface area contributed by atoms with Crippen LogP contribution < -0.4 is 19.9 Å². The number of carbonyl (C=O) groups is 1. The monoisotopic (exact) mass is 403 g/mol. The van der Waals surface area contributed by atoms with Gasteiger partial charge in [-0.05, 0) is 31.2 Å². The number of nitrogens with zero attached hydrogens (tertiary/aromatic N) is 4. The topological polar surface area (TPSA) is 70.6 Å². The van der Waals surface area contributed by atoms with E-state index in [4.69, 9.17) is 4.74 Å². The Morgan fingerprint density at radius 1 is 0.967 bits per heavy atom. The van der Waals surface area contributed by atoms with Crippen molar-refractivity contribution >= 4 is 23.2 Å². The first-order chi connectivity index (χ1) is 14.7. The molecule has 2 heterocycles. The summed E-state index contributed by atoms with van der Waals surface area (Å²) in [4.78, 5) is 25.3. The fraction of sp³-hybridized carbons (Fsp3) is 0.261. The van der Waals surface area contributed by atoms with E-state index in [1.165, 1.54) is 12.0 Å². The highest BCUT2D eigenvalue weighted by molar-refractivity contribution is 5.91. The molecular weight excluding hydrogens is 378 g/mol. The Morgan fingerprint density at radius 2 is 1.67 bits per heavy atom. The molecule has 30 heavy (non-hydrogen) atoms. The third-order valence-corrected chi connectivity index (χ3v) is 5.04. The van der Waals surface area contributed by atoms with Crippen molar-refractivity contribution in [3.63, 3.8) is 0 Å². The second kappa shape index (κ2) is 9.26. The molecule has 1 saturated heterocycles. The molecule has 0 atom stereocenters. The minimum absolute atomic E-state index is 0.0713. The van der Waals surface area contributed by atoms with Crippen LogP contribution in [0.2, 0.25) is 0 Å². The van der Waals surface area contributed by atoms with E-state index in [0.29, 0.717) is 11.6 Å². The highest BCUT2D eigenvalue weighted by atomic mass is 16.5. The molecule has 7 heteroatoms. The number of carbonyl (C=O) groups excluding carboxylic acids is 1. The van der Waals surface area contributed by atoms with E-state index in [1.807, 2.05) is 43.3 Å². The first-order valence-corrected chi connectivity index (χ1v) is 10.0. The molecule has 3 aromatic rings. The van der Waals surface area contributed by atoms with Gasteiger partial charge in [0, 0.05) is 37.9 Å². The van der Waals surface area contributed by atoms with E-state index in [1.54, 1.807) is 0 Å². The molecule has 0 spiro atoms. The Morgan fingerprint density at radius 3 is 2.40 bits per heavy atom. The lowest BCUT2D eigenvalue weighted by Crippen LogP contribution is -2.46. The summed E-state index contributed by atoms with van der Waals surface area (Å²) < 4.78 is 5.52. The second-order valence-electron chi connectivity index (χ2n) is 7.22. The first-order valence-electron chi connectivity index (χ1n) is 10.0. The number of para-hydroxylation sites is 1. The summed E-state index contributed by atoms with van der Waals surface area (Å²) in [6, 6.07) is 19.8. The maximum Gasteiger partial charge on any atom is 0.263 e. The van der Waals surface area contributed by atoms with Crippen molar-refractivity contribution in [2.24, 2.45) is 0 Å². The molecule has 0 aliphatic carbocycles. The molecule has 1 N–H and O–H groups in total. The van der Waals surface area contributed by atoms with Crippen molar-refractivity contribution < 1.29 is 9.53 Å². The number of anilines is 3. The molecule has 0 bridgehead atoms. The number of piperazine rings is 1. The molecule has 0 saturated carbocycles. The van der Waals surface area contributed by atoms with Crippen LogP contribution in [0.1, 0.15) is 5.56 Å². The Kier molecular flexibility index (Phi) is 6.08. The first kappa shape index (κ1) is 19.7. The molecular formula is C23H25N5O2. The predicted molar refractivity (Wildman–Crippen MR) is 118 cm³/mol. The lowest BCUT2D eigenvalue weighted by molar-refractivity contribution is -0.118. The maximum atomic E-state index is 12.2. The Hall–Kier alpha value is -3.61. The zero-order valence-corrected chi connectivity index (χ0v) is 17.0. The molecule has 1 aliphatic heterocycles. The van der Waals surface area contributed by atoms with Gasteiger partial charge in [0.1, 0.15) is 23.7 Å². The van der Waals surface area contributed by atoms with Gasteiger partial charge < -0.3 is 19.9 Å². The van der Waals surface area contributed by atoms with Crippen molar-refractivity contribution in [1.29, 1.82) is 0 Å². The maximum absolute atomic E-state index is 12.2. The highest BCUT2D eigenvalue weighted by Gasteiger charge is 2.19. The minimum atomic E-state index is -0.255. The number of benzene rings is 2. The predicted octanol–water partition coefficient (Wildman–Crippen LogP) is 3.13. The Labute approximate surface area is 176 Å². The fourth-order valence-electron chi connectivity index (χ4n) is 3.38. The lowest BCUT2D eigenvalue weighted by atomic mass is 10.2. The van der Waals surface area contributed by atoms with Crippen molar-refractivity contribution in [2.75, 3.05) is 47.9 Å². The Balaban J connectivity index is 1.30. The third kappa shape index (κ3) is 5.05. The van der Waals surface area contributed by atoms with Crippen LogP contribution >= 0.6 is 0 Å². The number of amides is 1. The van der Waals surface area contributed by atoms with Crippen LogP contribution in [0.4, 0.5) is 17.3 Å². The molecule has 7 nitrogen and oxygen atoms in total. The van der Waals surface area contributed by atoms with Gasteiger partial charge in [-0.25, -0.2) is 9.97 Å². The SMILES string of the molecule is Cc1ccc(OCC(=O)Nc2cc(N3CCN(c4ccccc4)CC3)ncn2)cc1. The fourth-order valence-corrected chi connectivity index (χ4v) is 3.38. The number of aromatic nitrogens is 2. The Bertz CT molecular complexity index is 970. The van der Waals surface area contributed by atoms with E-state index >= 15 is 0 Å². The smallest absolute Gasteiger partial charge is 0.263 e. The van der Waals surface area contributed by atoms with Crippen LogP contribution in [-0.4, -0.2) is 48.7 Å². The summed E-state index contributed by atoms with van der Waals surface area (Å²) >= 11 is 0. The quantitative estimate of drug-likeness (QED) is 0.682. The summed E-state index contributed by atoms with van der Waals surface area (Å²) in [7, 11) is 0. The van der Waals surface area contributed by atoms with Crippen LogP contribution in [0.5, 0.6) is 5.75 Å². The number of hydrogen-bond donors (Lipinski definition) is 1. The molecule has 1 amide bonds. The van der Waals surface area contributed by atoms with Gasteiger partial charge in [0.15, 0.2) is 6.61 Å². The summed E-state index contributed by atoms with van der Waals surface area (Å²) in [5.74, 6) is 1.69. The van der Waals surface area contributed by atoms with Crippen LogP contribution in [0.3, 0.4) is 0 Å². The van der Waals surface area contributed by atoms with Gasteiger partial charge in [0.25, 0.3) is 5.91 Å². The van der Waals surface area contributed by atoms with E-state index in [9.17, 15) is 4.79 Å². The standard InChI is InChI=1S/C23H25N5O2/c1-18-7-9-20(10-8-18)30-16-23(29)26-21-15-22(25-17-24-21)28-13-11-27(12-14-28)19-5-3-2-4-6-19/h2-10,15,17H,11-14,16H2,1H3,(H,24,25,26,29). The number of nitrogens with one attached hydrogen (secondary N) is 1. The minimum Gasteiger partial charge on any atom is -0.484 e. The van der Waals surface area contributed by atoms with Crippen molar-refractivity contribution in [2.45, 2.75) is 6.92 Å². The average Bonchev–Trinajstić information content (AvgIpc) is 2.80. The van der Waals surface area contributed by atoms with E-state index in [-0.39, 0.29) is 12.5 Å². The van der Waals surface area contributed by atoms with Gasteiger partial charge in [-0.15, -0.1) is 0 Å². The van der Waals surface area contributed by atoms with Gasteiger partial charge in [0.2, 0.25) is 0 Å².